The third kappa shape index (κ3) is 43.2. The molecule has 0 saturated carbocycles. The molecule has 0 aromatic rings. The molecule has 0 atom stereocenters. The Morgan fingerprint density at radius 2 is 0.611 bits per heavy atom. The maximum Gasteiger partial charge on any atom is 0.222 e. The second-order valence-electron chi connectivity index (χ2n) is 16.8. The van der Waals surface area contributed by atoms with E-state index in [1.54, 1.807) is 0 Å². The van der Waals surface area contributed by atoms with Crippen molar-refractivity contribution in [3.05, 3.63) is 24.3 Å². The van der Waals surface area contributed by atoms with Gasteiger partial charge < -0.3 is 10.6 Å². The average Bonchev–Trinajstić information content (AvgIpc) is 3.17. The van der Waals surface area contributed by atoms with Crippen molar-refractivity contribution >= 4 is 11.8 Å². The Bertz CT molecular complexity index is 771. The van der Waals surface area contributed by atoms with Crippen LogP contribution in [0, 0.1) is 0 Å². The number of rotatable bonds is 45. The molecule has 0 aromatic carbocycles. The van der Waals surface area contributed by atoms with E-state index in [0.717, 1.165) is 38.8 Å². The fraction of sp³-hybridized carbons (Fsp3) is 0.880. The molecule has 4 nitrogen and oxygen atoms in total. The maximum absolute atomic E-state index is 13.1. The van der Waals surface area contributed by atoms with Gasteiger partial charge in [-0.3, -0.25) is 9.59 Å². The quantitative estimate of drug-likeness (QED) is 0.0497. The van der Waals surface area contributed by atoms with Gasteiger partial charge in [0.25, 0.3) is 0 Å². The van der Waals surface area contributed by atoms with E-state index in [9.17, 15) is 9.59 Å². The van der Waals surface area contributed by atoms with Crippen molar-refractivity contribution in [1.82, 2.24) is 4.90 Å². The molecule has 0 aliphatic carbocycles. The summed E-state index contributed by atoms with van der Waals surface area (Å²) in [6.07, 6.45) is 60.3. The molecule has 0 radical (unpaired) electrons. The molecule has 318 valence electrons. The fourth-order valence-electron chi connectivity index (χ4n) is 7.61. The van der Waals surface area contributed by atoms with Crippen LogP contribution in [-0.4, -0.2) is 29.8 Å². The van der Waals surface area contributed by atoms with Crippen LogP contribution in [0.15, 0.2) is 24.3 Å². The zero-order valence-electron chi connectivity index (χ0n) is 36.8. The van der Waals surface area contributed by atoms with E-state index >= 15 is 0 Å². The Labute approximate surface area is 339 Å². The number of amides is 2. The molecule has 0 aliphatic rings. The molecule has 54 heavy (non-hydrogen) atoms. The van der Waals surface area contributed by atoms with Gasteiger partial charge in [0, 0.05) is 25.9 Å². The number of allylic oxidation sites excluding steroid dienone is 4. The Morgan fingerprint density at radius 1 is 0.352 bits per heavy atom. The van der Waals surface area contributed by atoms with Crippen molar-refractivity contribution in [2.45, 2.75) is 271 Å². The van der Waals surface area contributed by atoms with Crippen molar-refractivity contribution in [1.29, 1.82) is 0 Å². The highest BCUT2D eigenvalue weighted by Crippen LogP contribution is 2.16. The molecule has 0 rings (SSSR count). The Kier molecular flexibility index (Phi) is 44.5. The summed E-state index contributed by atoms with van der Waals surface area (Å²) in [7, 11) is 0. The van der Waals surface area contributed by atoms with Crippen LogP contribution >= 0.6 is 0 Å². The number of primary amides is 1. The molecule has 0 heterocycles. The lowest BCUT2D eigenvalue weighted by Gasteiger charge is -2.23. The second kappa shape index (κ2) is 45.8. The summed E-state index contributed by atoms with van der Waals surface area (Å²) in [4.78, 5) is 26.3. The molecule has 0 bridgehead atoms. The number of nitrogens with two attached hydrogens (primary N) is 1. The summed E-state index contributed by atoms with van der Waals surface area (Å²) in [6, 6.07) is 0. The summed E-state index contributed by atoms with van der Waals surface area (Å²) in [6.45, 7) is 6.37. The number of carbonyl (C=O) groups is 2. The van der Waals surface area contributed by atoms with Gasteiger partial charge in [0.15, 0.2) is 0 Å². The van der Waals surface area contributed by atoms with Crippen LogP contribution in [0.1, 0.15) is 271 Å². The summed E-state index contributed by atoms with van der Waals surface area (Å²) >= 11 is 0. The predicted octanol–water partition coefficient (Wildman–Crippen LogP) is 16.1. The lowest BCUT2D eigenvalue weighted by atomic mass is 10.0. The Balaban J connectivity index is 3.86. The Hall–Kier alpha value is -1.58. The molecule has 0 aromatic heterocycles. The zero-order chi connectivity index (χ0) is 39.3. The third-order valence-electron chi connectivity index (χ3n) is 11.3. The van der Waals surface area contributed by atoms with Gasteiger partial charge in [0.1, 0.15) is 0 Å². The molecular weight excluding hydrogens is 661 g/mol. The van der Waals surface area contributed by atoms with Gasteiger partial charge in [-0.1, -0.05) is 205 Å². The molecule has 0 aliphatic heterocycles. The first kappa shape index (κ1) is 52.4. The van der Waals surface area contributed by atoms with Gasteiger partial charge in [0.05, 0.1) is 0 Å². The van der Waals surface area contributed by atoms with Crippen LogP contribution in [-0.2, 0) is 9.59 Å². The summed E-state index contributed by atoms with van der Waals surface area (Å²) in [5.74, 6) is 0.0175. The molecule has 0 unspecified atom stereocenters. The SMILES string of the molecule is CCCCCCCCC=CCCCCCCCCCCCCN(CCCCCCCCCCCCC=CCCCCCCCC)C(=O)CCCCC(N)=O. The van der Waals surface area contributed by atoms with Gasteiger partial charge in [-0.15, -0.1) is 0 Å². The summed E-state index contributed by atoms with van der Waals surface area (Å²) < 4.78 is 0. The highest BCUT2D eigenvalue weighted by molar-refractivity contribution is 5.76. The minimum Gasteiger partial charge on any atom is -0.370 e. The van der Waals surface area contributed by atoms with Gasteiger partial charge >= 0.3 is 0 Å². The number of hydrogen-bond acceptors (Lipinski definition) is 2. The minimum absolute atomic E-state index is 0.261. The fourth-order valence-corrected chi connectivity index (χ4v) is 7.61. The second-order valence-corrected chi connectivity index (χ2v) is 16.8. The van der Waals surface area contributed by atoms with E-state index in [2.05, 4.69) is 43.1 Å². The van der Waals surface area contributed by atoms with E-state index in [1.165, 1.54) is 218 Å². The molecule has 0 saturated heterocycles. The predicted molar refractivity (Wildman–Crippen MR) is 240 cm³/mol. The lowest BCUT2D eigenvalue weighted by Crippen LogP contribution is -2.32. The average molecular weight is 757 g/mol. The molecule has 2 amide bonds. The monoisotopic (exact) mass is 757 g/mol. The standard InChI is InChI=1S/C50H96N2O2/c1-3-5-7-9-11-13-15-17-19-21-23-25-27-29-31-33-35-37-39-43-47-52(50(54)46-42-41-45-49(51)53)48-44-40-38-36-34-32-30-28-26-24-22-20-18-16-14-12-10-8-6-4-2/h17-20H,3-16,21-48H2,1-2H3,(H2,51,53). The minimum atomic E-state index is -0.261. The topological polar surface area (TPSA) is 63.4 Å². The smallest absolute Gasteiger partial charge is 0.222 e. The van der Waals surface area contributed by atoms with Crippen LogP contribution < -0.4 is 5.73 Å². The highest BCUT2D eigenvalue weighted by atomic mass is 16.2. The van der Waals surface area contributed by atoms with E-state index in [0.29, 0.717) is 12.8 Å². The third-order valence-corrected chi connectivity index (χ3v) is 11.3. The van der Waals surface area contributed by atoms with Gasteiger partial charge in [-0.2, -0.15) is 0 Å². The molecule has 0 fully saturated rings. The van der Waals surface area contributed by atoms with Crippen molar-refractivity contribution < 1.29 is 9.59 Å². The van der Waals surface area contributed by atoms with Crippen LogP contribution in [0.4, 0.5) is 0 Å². The first-order valence-electron chi connectivity index (χ1n) is 24.5. The van der Waals surface area contributed by atoms with E-state index < -0.39 is 0 Å². The number of unbranched alkanes of at least 4 members (excludes halogenated alkanes) is 33. The summed E-state index contributed by atoms with van der Waals surface area (Å²) in [5, 5.41) is 0. The first-order valence-corrected chi connectivity index (χ1v) is 24.5. The van der Waals surface area contributed by atoms with E-state index in [-0.39, 0.29) is 11.8 Å². The number of hydrogen-bond donors (Lipinski definition) is 1. The van der Waals surface area contributed by atoms with Crippen LogP contribution in [0.3, 0.4) is 0 Å². The molecule has 4 heteroatoms. The van der Waals surface area contributed by atoms with Crippen molar-refractivity contribution in [3.8, 4) is 0 Å². The van der Waals surface area contributed by atoms with Crippen LogP contribution in [0.25, 0.3) is 0 Å². The largest absolute Gasteiger partial charge is 0.370 e. The highest BCUT2D eigenvalue weighted by Gasteiger charge is 2.13. The molecule has 0 spiro atoms. The number of carbonyl (C=O) groups excluding carboxylic acids is 2. The van der Waals surface area contributed by atoms with Crippen molar-refractivity contribution in [3.63, 3.8) is 0 Å². The lowest BCUT2D eigenvalue weighted by molar-refractivity contribution is -0.131. The van der Waals surface area contributed by atoms with Gasteiger partial charge in [0.2, 0.25) is 11.8 Å². The van der Waals surface area contributed by atoms with Crippen LogP contribution in [0.5, 0.6) is 0 Å². The summed E-state index contributed by atoms with van der Waals surface area (Å²) in [5.41, 5.74) is 5.30. The van der Waals surface area contributed by atoms with Crippen molar-refractivity contribution in [2.24, 2.45) is 5.73 Å². The van der Waals surface area contributed by atoms with E-state index in [1.807, 2.05) is 0 Å². The van der Waals surface area contributed by atoms with E-state index in [4.69, 9.17) is 5.73 Å². The molecule has 2 N–H and O–H groups in total. The Morgan fingerprint density at radius 3 is 0.907 bits per heavy atom. The number of nitrogens with zero attached hydrogens (tertiary/aromatic N) is 1. The van der Waals surface area contributed by atoms with Crippen LogP contribution in [0.2, 0.25) is 0 Å². The van der Waals surface area contributed by atoms with Crippen molar-refractivity contribution in [2.75, 3.05) is 13.1 Å². The van der Waals surface area contributed by atoms with Gasteiger partial charge in [-0.25, -0.2) is 0 Å². The van der Waals surface area contributed by atoms with Gasteiger partial charge in [-0.05, 0) is 77.0 Å². The maximum atomic E-state index is 13.1. The molecular formula is C50H96N2O2. The zero-order valence-corrected chi connectivity index (χ0v) is 36.8. The first-order chi connectivity index (χ1) is 26.6. The normalized spacial score (nSPS) is 11.7.